The van der Waals surface area contributed by atoms with Crippen LogP contribution in [0.4, 0.5) is 5.69 Å². The zero-order chi connectivity index (χ0) is 18.0. The van der Waals surface area contributed by atoms with E-state index in [1.54, 1.807) is 19.1 Å². The van der Waals surface area contributed by atoms with Crippen LogP contribution in [0.1, 0.15) is 21.5 Å². The summed E-state index contributed by atoms with van der Waals surface area (Å²) in [5.41, 5.74) is 1.24. The molecule has 0 unspecified atom stereocenters. The highest BCUT2D eigenvalue weighted by Crippen LogP contribution is 2.38. The fraction of sp³-hybridized carbons (Fsp3) is 0.235. The van der Waals surface area contributed by atoms with Crippen LogP contribution in [0.5, 0.6) is 11.5 Å². The number of fused-ring (bicyclic) bond motifs is 1. The van der Waals surface area contributed by atoms with Crippen LogP contribution >= 0.6 is 11.6 Å². The van der Waals surface area contributed by atoms with Crippen LogP contribution in [0.3, 0.4) is 0 Å². The standard InChI is InChI=1S/C17H14ClNO6/c1-10-6-12(2-3-14(10)19(21)22)17(20)25-9-11-7-13(18)16-15(8-11)23-4-5-24-16/h2-3,6-8H,4-5,9H2,1H3. The third kappa shape index (κ3) is 3.66. The molecule has 0 N–H and O–H groups in total. The largest absolute Gasteiger partial charge is 0.486 e. The number of carbonyl (C=O) groups is 1. The van der Waals surface area contributed by atoms with Gasteiger partial charge in [0, 0.05) is 11.6 Å². The van der Waals surface area contributed by atoms with Crippen molar-refractivity contribution in [1.29, 1.82) is 0 Å². The van der Waals surface area contributed by atoms with Crippen LogP contribution in [-0.2, 0) is 11.3 Å². The number of carbonyl (C=O) groups excluding carboxylic acids is 1. The van der Waals surface area contributed by atoms with E-state index < -0.39 is 10.9 Å². The van der Waals surface area contributed by atoms with Gasteiger partial charge in [0.25, 0.3) is 5.69 Å². The maximum Gasteiger partial charge on any atom is 0.338 e. The number of aryl methyl sites for hydroxylation is 1. The fourth-order valence-corrected chi connectivity index (χ4v) is 2.75. The highest BCUT2D eigenvalue weighted by Gasteiger charge is 2.18. The molecule has 8 heteroatoms. The third-order valence-electron chi connectivity index (χ3n) is 3.66. The van der Waals surface area contributed by atoms with E-state index in [0.717, 1.165) is 0 Å². The van der Waals surface area contributed by atoms with Crippen molar-refractivity contribution < 1.29 is 23.9 Å². The first kappa shape index (κ1) is 17.0. The molecular formula is C17H14ClNO6. The average Bonchev–Trinajstić information content (AvgIpc) is 2.59. The van der Waals surface area contributed by atoms with E-state index in [0.29, 0.717) is 40.9 Å². The molecule has 1 aliphatic heterocycles. The first-order valence-electron chi connectivity index (χ1n) is 7.46. The Morgan fingerprint density at radius 1 is 1.28 bits per heavy atom. The molecule has 0 atom stereocenters. The quantitative estimate of drug-likeness (QED) is 0.467. The highest BCUT2D eigenvalue weighted by molar-refractivity contribution is 6.32. The molecule has 0 spiro atoms. The summed E-state index contributed by atoms with van der Waals surface area (Å²) in [6.45, 7) is 2.41. The van der Waals surface area contributed by atoms with Gasteiger partial charge in [-0.3, -0.25) is 10.1 Å². The molecule has 25 heavy (non-hydrogen) atoms. The van der Waals surface area contributed by atoms with Crippen molar-refractivity contribution in [3.8, 4) is 11.5 Å². The number of nitro benzene ring substituents is 1. The normalized spacial score (nSPS) is 12.6. The molecule has 2 aromatic carbocycles. The number of benzene rings is 2. The van der Waals surface area contributed by atoms with Gasteiger partial charge in [-0.2, -0.15) is 0 Å². The number of rotatable bonds is 4. The minimum atomic E-state index is -0.580. The van der Waals surface area contributed by atoms with Crippen molar-refractivity contribution in [3.05, 3.63) is 62.2 Å². The molecule has 0 fully saturated rings. The summed E-state index contributed by atoms with van der Waals surface area (Å²) in [5.74, 6) is 0.411. The molecule has 1 aliphatic rings. The Bertz CT molecular complexity index is 851. The van der Waals surface area contributed by atoms with Crippen LogP contribution in [0, 0.1) is 17.0 Å². The molecule has 0 saturated heterocycles. The topological polar surface area (TPSA) is 87.9 Å². The Morgan fingerprint density at radius 3 is 2.76 bits per heavy atom. The van der Waals surface area contributed by atoms with Crippen molar-refractivity contribution in [2.45, 2.75) is 13.5 Å². The van der Waals surface area contributed by atoms with E-state index in [9.17, 15) is 14.9 Å². The molecule has 0 aliphatic carbocycles. The van der Waals surface area contributed by atoms with Gasteiger partial charge in [-0.05, 0) is 36.8 Å². The number of hydrogen-bond donors (Lipinski definition) is 0. The van der Waals surface area contributed by atoms with E-state index in [1.165, 1.54) is 18.2 Å². The summed E-state index contributed by atoms with van der Waals surface area (Å²) in [6.07, 6.45) is 0. The molecule has 1 heterocycles. The molecule has 0 radical (unpaired) electrons. The maximum atomic E-state index is 12.1. The van der Waals surface area contributed by atoms with Crippen LogP contribution in [0.2, 0.25) is 5.02 Å². The van der Waals surface area contributed by atoms with Gasteiger partial charge in [-0.1, -0.05) is 11.6 Å². The number of esters is 1. The van der Waals surface area contributed by atoms with E-state index in [1.807, 2.05) is 0 Å². The highest BCUT2D eigenvalue weighted by atomic mass is 35.5. The minimum absolute atomic E-state index is 0.00870. The lowest BCUT2D eigenvalue weighted by molar-refractivity contribution is -0.385. The van der Waals surface area contributed by atoms with Gasteiger partial charge in [0.15, 0.2) is 11.5 Å². The summed E-state index contributed by atoms with van der Waals surface area (Å²) in [6, 6.07) is 7.42. The summed E-state index contributed by atoms with van der Waals surface area (Å²) < 4.78 is 16.2. The molecule has 0 bridgehead atoms. The molecular weight excluding hydrogens is 350 g/mol. The van der Waals surface area contributed by atoms with E-state index in [-0.39, 0.29) is 17.9 Å². The second-order valence-corrected chi connectivity index (χ2v) is 5.84. The van der Waals surface area contributed by atoms with Gasteiger partial charge >= 0.3 is 5.97 Å². The van der Waals surface area contributed by atoms with Gasteiger partial charge in [-0.25, -0.2) is 4.79 Å². The molecule has 0 aromatic heterocycles. The van der Waals surface area contributed by atoms with Crippen molar-refractivity contribution >= 4 is 23.3 Å². The minimum Gasteiger partial charge on any atom is -0.486 e. The molecule has 130 valence electrons. The fourth-order valence-electron chi connectivity index (χ4n) is 2.47. The molecule has 0 saturated carbocycles. The van der Waals surface area contributed by atoms with Gasteiger partial charge in [-0.15, -0.1) is 0 Å². The Hall–Kier alpha value is -2.80. The summed E-state index contributed by atoms with van der Waals surface area (Å²) in [4.78, 5) is 22.5. The Kier molecular flexibility index (Phi) is 4.76. The lowest BCUT2D eigenvalue weighted by atomic mass is 10.1. The monoisotopic (exact) mass is 363 g/mol. The van der Waals surface area contributed by atoms with Crippen LogP contribution in [0.25, 0.3) is 0 Å². The smallest absolute Gasteiger partial charge is 0.338 e. The second kappa shape index (κ2) is 6.98. The molecule has 7 nitrogen and oxygen atoms in total. The predicted molar refractivity (Wildman–Crippen MR) is 89.4 cm³/mol. The van der Waals surface area contributed by atoms with Gasteiger partial charge < -0.3 is 14.2 Å². The molecule has 2 aromatic rings. The first-order valence-corrected chi connectivity index (χ1v) is 7.83. The number of nitro groups is 1. The third-order valence-corrected chi connectivity index (χ3v) is 3.94. The number of nitrogens with zero attached hydrogens (tertiary/aromatic N) is 1. The van der Waals surface area contributed by atoms with Crippen LogP contribution in [0.15, 0.2) is 30.3 Å². The first-order chi connectivity index (χ1) is 12.0. The lowest BCUT2D eigenvalue weighted by Crippen LogP contribution is -2.16. The number of ether oxygens (including phenoxy) is 3. The second-order valence-electron chi connectivity index (χ2n) is 5.44. The maximum absolute atomic E-state index is 12.1. The van der Waals surface area contributed by atoms with Crippen LogP contribution in [-0.4, -0.2) is 24.1 Å². The molecule has 0 amide bonds. The van der Waals surface area contributed by atoms with Crippen LogP contribution < -0.4 is 9.47 Å². The van der Waals surface area contributed by atoms with Gasteiger partial charge in [0.05, 0.1) is 15.5 Å². The summed E-state index contributed by atoms with van der Waals surface area (Å²) in [5, 5.41) is 11.2. The predicted octanol–water partition coefficient (Wildman–Crippen LogP) is 3.68. The van der Waals surface area contributed by atoms with Crippen molar-refractivity contribution in [2.24, 2.45) is 0 Å². The van der Waals surface area contributed by atoms with Crippen molar-refractivity contribution in [3.63, 3.8) is 0 Å². The lowest BCUT2D eigenvalue weighted by Gasteiger charge is -2.20. The summed E-state index contributed by atoms with van der Waals surface area (Å²) in [7, 11) is 0. The Balaban J connectivity index is 1.71. The van der Waals surface area contributed by atoms with Crippen molar-refractivity contribution in [2.75, 3.05) is 13.2 Å². The zero-order valence-corrected chi connectivity index (χ0v) is 14.0. The Morgan fingerprint density at radius 2 is 2.04 bits per heavy atom. The van der Waals surface area contributed by atoms with E-state index in [4.69, 9.17) is 25.8 Å². The number of hydrogen-bond acceptors (Lipinski definition) is 6. The summed E-state index contributed by atoms with van der Waals surface area (Å²) >= 11 is 6.14. The zero-order valence-electron chi connectivity index (χ0n) is 13.3. The van der Waals surface area contributed by atoms with Gasteiger partial charge in [0.2, 0.25) is 0 Å². The molecule has 3 rings (SSSR count). The van der Waals surface area contributed by atoms with Crippen molar-refractivity contribution in [1.82, 2.24) is 0 Å². The van der Waals surface area contributed by atoms with E-state index in [2.05, 4.69) is 0 Å². The SMILES string of the molecule is Cc1cc(C(=O)OCc2cc(Cl)c3c(c2)OCCO3)ccc1[N+](=O)[O-]. The average molecular weight is 364 g/mol. The van der Waals surface area contributed by atoms with E-state index >= 15 is 0 Å². The van der Waals surface area contributed by atoms with Gasteiger partial charge in [0.1, 0.15) is 19.8 Å². The Labute approximate surface area is 148 Å². The number of halogens is 1.